The molecule has 1 heterocycles. The van der Waals surface area contributed by atoms with Gasteiger partial charge in [-0.1, -0.05) is 12.1 Å². The summed E-state index contributed by atoms with van der Waals surface area (Å²) in [6, 6.07) is 7.99. The number of nitrogens with zero attached hydrogens (tertiary/aromatic N) is 2. The van der Waals surface area contributed by atoms with E-state index in [0.29, 0.717) is 19.0 Å². The van der Waals surface area contributed by atoms with Crippen LogP contribution in [0.15, 0.2) is 42.7 Å². The maximum atomic E-state index is 13.0. The summed E-state index contributed by atoms with van der Waals surface area (Å²) in [5.41, 5.74) is 0.441. The van der Waals surface area contributed by atoms with Gasteiger partial charge in [0, 0.05) is 25.5 Å². The van der Waals surface area contributed by atoms with Crippen molar-refractivity contribution in [2.75, 3.05) is 18.4 Å². The largest absolute Gasteiger partial charge is 0.355 e. The molecule has 0 atom stereocenters. The molecule has 6 heteroatoms. The van der Waals surface area contributed by atoms with Gasteiger partial charge in [0.15, 0.2) is 0 Å². The second-order valence-corrected chi connectivity index (χ2v) is 5.70. The third-order valence-electron chi connectivity index (χ3n) is 4.07. The fourth-order valence-electron chi connectivity index (χ4n) is 2.59. The molecule has 23 heavy (non-hydrogen) atoms. The van der Waals surface area contributed by atoms with Crippen molar-refractivity contribution < 1.29 is 9.18 Å². The van der Waals surface area contributed by atoms with Crippen LogP contribution in [0.1, 0.15) is 24.8 Å². The Balaban J connectivity index is 1.43. The summed E-state index contributed by atoms with van der Waals surface area (Å²) in [5.74, 6) is 0.336. The highest BCUT2D eigenvalue weighted by atomic mass is 19.1. The lowest BCUT2D eigenvalue weighted by molar-refractivity contribution is -0.123. The molecule has 2 N–H and O–H groups in total. The van der Waals surface area contributed by atoms with Crippen LogP contribution in [0.4, 0.5) is 10.3 Å². The number of rotatable bonds is 7. The Hall–Kier alpha value is -2.50. The van der Waals surface area contributed by atoms with Gasteiger partial charge < -0.3 is 10.6 Å². The molecule has 0 spiro atoms. The van der Waals surface area contributed by atoms with Gasteiger partial charge in [0.25, 0.3) is 0 Å². The first kappa shape index (κ1) is 15.4. The molecule has 1 amide bonds. The second kappa shape index (κ2) is 6.73. The van der Waals surface area contributed by atoms with Crippen LogP contribution < -0.4 is 10.6 Å². The molecule has 0 saturated heterocycles. The minimum Gasteiger partial charge on any atom is -0.355 e. The number of aromatic nitrogens is 2. The second-order valence-electron chi connectivity index (χ2n) is 5.70. The lowest BCUT2D eigenvalue weighted by Crippen LogP contribution is -2.35. The Morgan fingerprint density at radius 2 is 1.83 bits per heavy atom. The molecule has 0 radical (unpaired) electrons. The molecule has 1 aliphatic carbocycles. The van der Waals surface area contributed by atoms with Crippen molar-refractivity contribution in [2.45, 2.75) is 24.7 Å². The highest BCUT2D eigenvalue weighted by Gasteiger charge is 2.50. The summed E-state index contributed by atoms with van der Waals surface area (Å²) in [6.07, 6.45) is 5.78. The van der Waals surface area contributed by atoms with Gasteiger partial charge in [0.05, 0.1) is 5.41 Å². The van der Waals surface area contributed by atoms with Gasteiger partial charge in [-0.15, -0.1) is 0 Å². The number of hydrogen-bond donors (Lipinski definition) is 2. The van der Waals surface area contributed by atoms with E-state index in [9.17, 15) is 9.18 Å². The van der Waals surface area contributed by atoms with Crippen molar-refractivity contribution in [3.63, 3.8) is 0 Å². The summed E-state index contributed by atoms with van der Waals surface area (Å²) in [4.78, 5) is 20.5. The monoisotopic (exact) mass is 314 g/mol. The van der Waals surface area contributed by atoms with Crippen molar-refractivity contribution in [2.24, 2.45) is 0 Å². The van der Waals surface area contributed by atoms with Crippen molar-refractivity contribution in [3.8, 4) is 0 Å². The van der Waals surface area contributed by atoms with E-state index in [1.165, 1.54) is 12.1 Å². The minimum absolute atomic E-state index is 0.0278. The van der Waals surface area contributed by atoms with E-state index in [4.69, 9.17) is 0 Å². The van der Waals surface area contributed by atoms with E-state index < -0.39 is 5.41 Å². The van der Waals surface area contributed by atoms with E-state index in [1.54, 1.807) is 30.6 Å². The molecule has 0 bridgehead atoms. The molecule has 5 nitrogen and oxygen atoms in total. The summed E-state index contributed by atoms with van der Waals surface area (Å²) in [5, 5.41) is 6.07. The van der Waals surface area contributed by atoms with E-state index in [-0.39, 0.29) is 11.7 Å². The first-order valence-electron chi connectivity index (χ1n) is 7.76. The Kier molecular flexibility index (Phi) is 4.50. The van der Waals surface area contributed by atoms with Crippen LogP contribution in [0.3, 0.4) is 0 Å². The summed E-state index contributed by atoms with van der Waals surface area (Å²) in [6.45, 7) is 1.27. The lowest BCUT2D eigenvalue weighted by atomic mass is 9.95. The first-order chi connectivity index (χ1) is 11.2. The van der Waals surface area contributed by atoms with Crippen LogP contribution in [0.5, 0.6) is 0 Å². The smallest absolute Gasteiger partial charge is 0.230 e. The molecule has 0 unspecified atom stereocenters. The highest BCUT2D eigenvalue weighted by molar-refractivity contribution is 5.91. The van der Waals surface area contributed by atoms with Crippen LogP contribution in [0.25, 0.3) is 0 Å². The molecular formula is C17H19FN4O. The molecule has 1 aromatic heterocycles. The van der Waals surface area contributed by atoms with E-state index in [2.05, 4.69) is 20.6 Å². The Morgan fingerprint density at radius 1 is 1.13 bits per heavy atom. The third-order valence-corrected chi connectivity index (χ3v) is 4.07. The van der Waals surface area contributed by atoms with Crippen LogP contribution in [-0.2, 0) is 10.2 Å². The topological polar surface area (TPSA) is 66.9 Å². The fraction of sp³-hybridized carbons (Fsp3) is 0.353. The molecule has 1 aromatic carbocycles. The summed E-state index contributed by atoms with van der Waals surface area (Å²) < 4.78 is 13.0. The predicted molar refractivity (Wildman–Crippen MR) is 85.5 cm³/mol. The quantitative estimate of drug-likeness (QED) is 0.769. The number of benzene rings is 1. The van der Waals surface area contributed by atoms with E-state index in [0.717, 1.165) is 24.8 Å². The number of halogens is 1. The maximum Gasteiger partial charge on any atom is 0.230 e. The van der Waals surface area contributed by atoms with Gasteiger partial charge in [-0.3, -0.25) is 4.79 Å². The zero-order chi connectivity index (χ0) is 16.1. The Bertz CT molecular complexity index is 656. The van der Waals surface area contributed by atoms with Crippen molar-refractivity contribution >= 4 is 11.9 Å². The predicted octanol–water partition coefficient (Wildman–Crippen LogP) is 2.27. The third kappa shape index (κ3) is 3.64. The van der Waals surface area contributed by atoms with Gasteiger partial charge in [-0.05, 0) is 43.0 Å². The normalized spacial score (nSPS) is 15.0. The zero-order valence-corrected chi connectivity index (χ0v) is 12.8. The van der Waals surface area contributed by atoms with Crippen molar-refractivity contribution in [3.05, 3.63) is 54.1 Å². The minimum atomic E-state index is -0.455. The SMILES string of the molecule is O=C(NCCCNc1ncccn1)C1(c2ccc(F)cc2)CC1. The number of nitrogens with one attached hydrogen (secondary N) is 2. The number of anilines is 1. The summed E-state index contributed by atoms with van der Waals surface area (Å²) in [7, 11) is 0. The average Bonchev–Trinajstić information content (AvgIpc) is 3.38. The molecular weight excluding hydrogens is 295 g/mol. The summed E-state index contributed by atoms with van der Waals surface area (Å²) >= 11 is 0. The van der Waals surface area contributed by atoms with Crippen molar-refractivity contribution in [1.29, 1.82) is 0 Å². The molecule has 1 aliphatic rings. The average molecular weight is 314 g/mol. The standard InChI is InChI=1S/C17H19FN4O/c18-14-5-3-13(4-6-14)17(7-8-17)15(23)19-9-1-10-20-16-21-11-2-12-22-16/h2-6,11-12H,1,7-10H2,(H,19,23)(H,20,21,22). The van der Waals surface area contributed by atoms with Gasteiger partial charge in [0.1, 0.15) is 5.82 Å². The fourth-order valence-corrected chi connectivity index (χ4v) is 2.59. The van der Waals surface area contributed by atoms with Crippen LogP contribution in [0, 0.1) is 5.82 Å². The highest BCUT2D eigenvalue weighted by Crippen LogP contribution is 2.48. The van der Waals surface area contributed by atoms with Gasteiger partial charge in [0.2, 0.25) is 11.9 Å². The van der Waals surface area contributed by atoms with Gasteiger partial charge in [-0.2, -0.15) is 0 Å². The zero-order valence-electron chi connectivity index (χ0n) is 12.8. The molecule has 0 aliphatic heterocycles. The maximum absolute atomic E-state index is 13.0. The molecule has 2 aromatic rings. The lowest BCUT2D eigenvalue weighted by Gasteiger charge is -2.16. The molecule has 1 fully saturated rings. The first-order valence-corrected chi connectivity index (χ1v) is 7.76. The Morgan fingerprint density at radius 3 is 2.48 bits per heavy atom. The molecule has 3 rings (SSSR count). The number of amides is 1. The van der Waals surface area contributed by atoms with E-state index in [1.807, 2.05) is 0 Å². The Labute approximate surface area is 134 Å². The number of hydrogen-bond acceptors (Lipinski definition) is 4. The van der Waals surface area contributed by atoms with E-state index >= 15 is 0 Å². The number of carbonyl (C=O) groups excluding carboxylic acids is 1. The van der Waals surface area contributed by atoms with Gasteiger partial charge >= 0.3 is 0 Å². The van der Waals surface area contributed by atoms with Crippen molar-refractivity contribution in [1.82, 2.24) is 15.3 Å². The number of carbonyl (C=O) groups is 1. The molecule has 120 valence electrons. The van der Waals surface area contributed by atoms with Crippen LogP contribution >= 0.6 is 0 Å². The van der Waals surface area contributed by atoms with Crippen LogP contribution in [0.2, 0.25) is 0 Å². The molecule has 1 saturated carbocycles. The van der Waals surface area contributed by atoms with Crippen LogP contribution in [-0.4, -0.2) is 29.0 Å². The van der Waals surface area contributed by atoms with Gasteiger partial charge in [-0.25, -0.2) is 14.4 Å².